The number of ketones is 2. The van der Waals surface area contributed by atoms with Crippen LogP contribution in [-0.2, 0) is 26.3 Å². The van der Waals surface area contributed by atoms with Crippen molar-refractivity contribution in [2.45, 2.75) is 77.7 Å². The topological polar surface area (TPSA) is 90.0 Å². The van der Waals surface area contributed by atoms with Crippen LogP contribution in [0.2, 0.25) is 10.0 Å². The van der Waals surface area contributed by atoms with E-state index < -0.39 is 16.0 Å². The number of halogens is 2. The Bertz CT molecular complexity index is 1910. The van der Waals surface area contributed by atoms with Gasteiger partial charge in [0.25, 0.3) is 0 Å². The molecular formula is C38H39Cl2NO6S. The van der Waals surface area contributed by atoms with Gasteiger partial charge in [-0.1, -0.05) is 81.2 Å². The molecule has 3 aliphatic rings. The van der Waals surface area contributed by atoms with Crippen molar-refractivity contribution >= 4 is 44.9 Å². The zero-order valence-electron chi connectivity index (χ0n) is 27.7. The molecule has 10 heteroatoms. The summed E-state index contributed by atoms with van der Waals surface area (Å²) in [5, 5.41) is 0.362. The molecule has 0 amide bonds. The van der Waals surface area contributed by atoms with Gasteiger partial charge in [0.15, 0.2) is 17.3 Å². The Balaban J connectivity index is 1.54. The number of nitrogens with zero attached hydrogens (tertiary/aromatic N) is 1. The summed E-state index contributed by atoms with van der Waals surface area (Å²) in [4.78, 5) is 30.7. The van der Waals surface area contributed by atoms with Crippen LogP contribution in [0.1, 0.15) is 77.3 Å². The molecule has 0 bridgehead atoms. The third kappa shape index (κ3) is 6.67. The molecule has 0 atom stereocenters. The zero-order valence-corrected chi connectivity index (χ0v) is 30.1. The molecule has 0 N–H and O–H groups in total. The van der Waals surface area contributed by atoms with Crippen molar-refractivity contribution in [3.05, 3.63) is 110 Å². The van der Waals surface area contributed by atoms with Crippen LogP contribution in [0.4, 0.5) is 0 Å². The largest absolute Gasteiger partial charge is 0.490 e. The summed E-state index contributed by atoms with van der Waals surface area (Å²) in [6.45, 7) is 10.9. The van der Waals surface area contributed by atoms with Crippen LogP contribution in [0.5, 0.6) is 11.5 Å². The van der Waals surface area contributed by atoms with E-state index in [1.807, 2.05) is 18.2 Å². The number of hydrogen-bond donors (Lipinski definition) is 0. The number of benzene rings is 3. The minimum atomic E-state index is -4.31. The van der Waals surface area contributed by atoms with E-state index in [1.54, 1.807) is 19.1 Å². The van der Waals surface area contributed by atoms with E-state index in [1.165, 1.54) is 24.3 Å². The molecule has 0 spiro atoms. The minimum Gasteiger partial charge on any atom is -0.490 e. The molecule has 48 heavy (non-hydrogen) atoms. The molecule has 1 heterocycles. The van der Waals surface area contributed by atoms with E-state index in [9.17, 15) is 18.0 Å². The van der Waals surface area contributed by atoms with Gasteiger partial charge in [-0.05, 0) is 78.1 Å². The highest BCUT2D eigenvalue weighted by atomic mass is 35.5. The van der Waals surface area contributed by atoms with Gasteiger partial charge in [0.2, 0.25) is 5.75 Å². The van der Waals surface area contributed by atoms with Crippen LogP contribution in [0.25, 0.3) is 0 Å². The maximum absolute atomic E-state index is 14.3. The fourth-order valence-corrected chi connectivity index (χ4v) is 8.58. The smallest absolute Gasteiger partial charge is 0.339 e. The average molecular weight is 709 g/mol. The monoisotopic (exact) mass is 707 g/mol. The Kier molecular flexibility index (Phi) is 9.07. The quantitative estimate of drug-likeness (QED) is 0.216. The van der Waals surface area contributed by atoms with Crippen molar-refractivity contribution in [1.29, 1.82) is 0 Å². The molecule has 0 radical (unpaired) electrons. The number of ether oxygens (including phenoxy) is 1. The lowest BCUT2D eigenvalue weighted by Crippen LogP contribution is -2.44. The predicted molar refractivity (Wildman–Crippen MR) is 187 cm³/mol. The number of rotatable bonds is 8. The second kappa shape index (κ2) is 12.7. The highest BCUT2D eigenvalue weighted by molar-refractivity contribution is 7.87. The second-order valence-electron chi connectivity index (χ2n) is 14.4. The van der Waals surface area contributed by atoms with Crippen molar-refractivity contribution < 1.29 is 26.9 Å². The maximum Gasteiger partial charge on any atom is 0.339 e. The van der Waals surface area contributed by atoms with E-state index >= 15 is 0 Å². The summed E-state index contributed by atoms with van der Waals surface area (Å²) in [6, 6.07) is 18.9. The Morgan fingerprint density at radius 1 is 0.812 bits per heavy atom. The van der Waals surface area contributed by atoms with Gasteiger partial charge in [0.05, 0.1) is 11.6 Å². The number of carbonyl (C=O) groups is 2. The molecule has 3 aromatic carbocycles. The summed E-state index contributed by atoms with van der Waals surface area (Å²) in [6.07, 6.45) is 1.96. The summed E-state index contributed by atoms with van der Waals surface area (Å²) in [5.74, 6) is -0.815. The summed E-state index contributed by atoms with van der Waals surface area (Å²) in [5.41, 5.74) is 4.05. The van der Waals surface area contributed by atoms with Gasteiger partial charge >= 0.3 is 10.1 Å². The average Bonchev–Trinajstić information content (AvgIpc) is 2.99. The van der Waals surface area contributed by atoms with Crippen LogP contribution in [0, 0.1) is 10.8 Å². The summed E-state index contributed by atoms with van der Waals surface area (Å²) < 4.78 is 38.1. The zero-order chi connectivity index (χ0) is 34.6. The van der Waals surface area contributed by atoms with E-state index in [0.29, 0.717) is 54.0 Å². The SMILES string of the molecule is CCOc1cc(C2C3=C(CC(C)(C)CC3=O)N(Cc3ccccc3)C3=C2C(=O)CC(C)(C)C3)cc(Cl)c1OS(=O)(=O)c1ccc(Cl)cc1. The molecule has 0 unspecified atom stereocenters. The molecular weight excluding hydrogens is 669 g/mol. The van der Waals surface area contributed by atoms with Crippen LogP contribution >= 0.6 is 23.2 Å². The van der Waals surface area contributed by atoms with E-state index in [-0.39, 0.29) is 50.4 Å². The molecule has 0 aromatic heterocycles. The minimum absolute atomic E-state index is 0.0170. The molecule has 7 nitrogen and oxygen atoms in total. The van der Waals surface area contributed by atoms with Crippen molar-refractivity contribution in [2.75, 3.05) is 6.61 Å². The van der Waals surface area contributed by atoms with Gasteiger partial charge in [-0.15, -0.1) is 0 Å². The summed E-state index contributed by atoms with van der Waals surface area (Å²) in [7, 11) is -4.31. The molecule has 6 rings (SSSR count). The third-order valence-corrected chi connectivity index (χ3v) is 10.9. The van der Waals surface area contributed by atoms with E-state index in [4.69, 9.17) is 32.1 Å². The standard InChI is InChI=1S/C38H39Cl2NO6S/c1-6-46-32-17-24(16-27(40)36(32)47-48(44,45)26-14-12-25(39)13-15-26)33-34-28(18-37(2,3)20-30(34)42)41(22-23-10-8-7-9-11-23)29-19-38(4,5)21-31(43)35(29)33/h7-17,33H,6,18-22H2,1-5H3. The first kappa shape index (κ1) is 34.3. The van der Waals surface area contributed by atoms with Crippen molar-refractivity contribution in [1.82, 2.24) is 4.90 Å². The third-order valence-electron chi connectivity index (χ3n) is 9.17. The molecule has 3 aromatic rings. The fraction of sp³-hybridized carbons (Fsp3) is 0.368. The van der Waals surface area contributed by atoms with E-state index in [2.05, 4.69) is 44.7 Å². The number of allylic oxidation sites excluding steroid dienone is 4. The molecule has 0 fully saturated rings. The Hall–Kier alpha value is -3.59. The molecule has 2 aliphatic carbocycles. The number of carbonyl (C=O) groups excluding carboxylic acids is 2. The fourth-order valence-electron chi connectivity index (χ4n) is 7.20. The van der Waals surface area contributed by atoms with Crippen LogP contribution < -0.4 is 8.92 Å². The first-order valence-electron chi connectivity index (χ1n) is 16.1. The van der Waals surface area contributed by atoms with Crippen molar-refractivity contribution in [3.63, 3.8) is 0 Å². The Morgan fingerprint density at radius 2 is 1.38 bits per heavy atom. The highest BCUT2D eigenvalue weighted by Crippen LogP contribution is 2.56. The number of hydrogen-bond acceptors (Lipinski definition) is 7. The first-order chi connectivity index (χ1) is 22.6. The second-order valence-corrected chi connectivity index (χ2v) is 16.8. The molecule has 0 saturated heterocycles. The lowest BCUT2D eigenvalue weighted by Gasteiger charge is -2.49. The molecule has 252 valence electrons. The lowest BCUT2D eigenvalue weighted by molar-refractivity contribution is -0.119. The maximum atomic E-state index is 14.3. The van der Waals surface area contributed by atoms with Gasteiger partial charge in [-0.3, -0.25) is 9.59 Å². The van der Waals surface area contributed by atoms with Gasteiger partial charge in [0, 0.05) is 52.9 Å². The van der Waals surface area contributed by atoms with Gasteiger partial charge in [-0.2, -0.15) is 8.42 Å². The normalized spacial score (nSPS) is 19.3. The van der Waals surface area contributed by atoms with Crippen LogP contribution in [0.15, 0.2) is 94.2 Å². The Morgan fingerprint density at radius 3 is 1.92 bits per heavy atom. The Labute approximate surface area is 292 Å². The van der Waals surface area contributed by atoms with Gasteiger partial charge in [0.1, 0.15) is 4.90 Å². The predicted octanol–water partition coefficient (Wildman–Crippen LogP) is 9.05. The highest BCUT2D eigenvalue weighted by Gasteiger charge is 2.49. The van der Waals surface area contributed by atoms with Gasteiger partial charge < -0.3 is 13.8 Å². The first-order valence-corrected chi connectivity index (χ1v) is 18.3. The van der Waals surface area contributed by atoms with Crippen LogP contribution in [-0.4, -0.2) is 31.5 Å². The molecule has 1 aliphatic heterocycles. The van der Waals surface area contributed by atoms with Crippen LogP contribution in [0.3, 0.4) is 0 Å². The van der Waals surface area contributed by atoms with Crippen molar-refractivity contribution in [3.8, 4) is 11.5 Å². The summed E-state index contributed by atoms with van der Waals surface area (Å²) >= 11 is 12.8. The molecule has 0 saturated carbocycles. The van der Waals surface area contributed by atoms with Gasteiger partial charge in [-0.25, -0.2) is 0 Å². The van der Waals surface area contributed by atoms with Crippen molar-refractivity contribution in [2.24, 2.45) is 10.8 Å². The van der Waals surface area contributed by atoms with E-state index in [0.717, 1.165) is 17.0 Å². The lowest BCUT2D eigenvalue weighted by atomic mass is 9.63. The number of Topliss-reactive ketones (excluding diaryl/α,β-unsaturated/α-hetero) is 2.